The Bertz CT molecular complexity index is 760. The summed E-state index contributed by atoms with van der Waals surface area (Å²) in [5, 5.41) is 1.08. The van der Waals surface area contributed by atoms with Crippen LogP contribution >= 0.6 is 23.1 Å². The number of aryl methyl sites for hydroxylation is 1. The maximum absolute atomic E-state index is 12.0. The maximum atomic E-state index is 12.0. The molecule has 7 heteroatoms. The van der Waals surface area contributed by atoms with Crippen molar-refractivity contribution in [3.8, 4) is 0 Å². The molecule has 0 radical (unpaired) electrons. The van der Waals surface area contributed by atoms with Gasteiger partial charge >= 0.3 is 5.97 Å². The van der Waals surface area contributed by atoms with E-state index in [-0.39, 0.29) is 23.4 Å². The number of nitrogens with zero attached hydrogens (tertiary/aromatic N) is 1. The van der Waals surface area contributed by atoms with E-state index in [4.69, 9.17) is 4.74 Å². The number of rotatable bonds is 4. The Morgan fingerprint density at radius 1 is 1.43 bits per heavy atom. The van der Waals surface area contributed by atoms with Crippen molar-refractivity contribution >= 4 is 39.3 Å². The molecule has 0 unspecified atom stereocenters. The van der Waals surface area contributed by atoms with E-state index in [0.717, 1.165) is 36.5 Å². The van der Waals surface area contributed by atoms with Crippen molar-refractivity contribution in [2.45, 2.75) is 50.8 Å². The molecule has 1 fully saturated rings. The molecule has 3 rings (SSSR count). The molecule has 0 bridgehead atoms. The Morgan fingerprint density at radius 3 is 2.91 bits per heavy atom. The van der Waals surface area contributed by atoms with Crippen LogP contribution in [0.15, 0.2) is 16.0 Å². The largest absolute Gasteiger partial charge is 0.462 e. The van der Waals surface area contributed by atoms with Crippen LogP contribution in [0.2, 0.25) is 0 Å². The van der Waals surface area contributed by atoms with Crippen molar-refractivity contribution in [3.05, 3.63) is 21.3 Å². The van der Waals surface area contributed by atoms with Gasteiger partial charge in [0, 0.05) is 4.88 Å². The zero-order valence-electron chi connectivity index (χ0n) is 13.3. The van der Waals surface area contributed by atoms with E-state index >= 15 is 0 Å². The fraction of sp³-hybridized carbons (Fsp3) is 0.562. The van der Waals surface area contributed by atoms with Crippen molar-refractivity contribution in [1.82, 2.24) is 9.97 Å². The number of aromatic amines is 1. The average Bonchev–Trinajstić information content (AvgIpc) is 2.89. The topological polar surface area (TPSA) is 72.0 Å². The number of nitrogens with one attached hydrogen (secondary N) is 1. The normalized spacial score (nSPS) is 21.5. The van der Waals surface area contributed by atoms with Crippen LogP contribution in [0.1, 0.15) is 37.5 Å². The summed E-state index contributed by atoms with van der Waals surface area (Å²) in [6, 6.07) is 1.83. The summed E-state index contributed by atoms with van der Waals surface area (Å²) in [4.78, 5) is 32.8. The molecule has 1 aliphatic carbocycles. The molecule has 2 aromatic rings. The van der Waals surface area contributed by atoms with Gasteiger partial charge < -0.3 is 9.72 Å². The lowest BCUT2D eigenvalue weighted by Gasteiger charge is -2.25. The molecule has 0 atom stereocenters. The summed E-state index contributed by atoms with van der Waals surface area (Å²) >= 11 is 2.70. The first kappa shape index (κ1) is 16.5. The van der Waals surface area contributed by atoms with Crippen molar-refractivity contribution < 1.29 is 9.53 Å². The highest BCUT2D eigenvalue weighted by molar-refractivity contribution is 7.99. The third kappa shape index (κ3) is 4.14. The van der Waals surface area contributed by atoms with Crippen LogP contribution in [-0.4, -0.2) is 27.8 Å². The van der Waals surface area contributed by atoms with Gasteiger partial charge in [0.1, 0.15) is 10.9 Å². The van der Waals surface area contributed by atoms with E-state index < -0.39 is 0 Å². The Balaban J connectivity index is 1.57. The molecule has 23 heavy (non-hydrogen) atoms. The average molecular weight is 352 g/mol. The Labute approximate surface area is 142 Å². The quantitative estimate of drug-likeness (QED) is 0.518. The molecule has 0 aromatic carbocycles. The highest BCUT2D eigenvalue weighted by atomic mass is 32.2. The second-order valence-corrected chi connectivity index (χ2v) is 8.31. The molecule has 1 N–H and O–H groups in total. The van der Waals surface area contributed by atoms with Crippen LogP contribution in [-0.2, 0) is 9.53 Å². The van der Waals surface area contributed by atoms with Gasteiger partial charge in [-0.1, -0.05) is 18.7 Å². The van der Waals surface area contributed by atoms with E-state index in [1.807, 2.05) is 13.0 Å². The molecular weight excluding hydrogens is 332 g/mol. The third-order valence-corrected chi connectivity index (χ3v) is 5.88. The zero-order valence-corrected chi connectivity index (χ0v) is 14.9. The molecule has 124 valence electrons. The number of esters is 1. The van der Waals surface area contributed by atoms with Crippen LogP contribution in [0.5, 0.6) is 0 Å². The van der Waals surface area contributed by atoms with Crippen LogP contribution in [0.4, 0.5) is 0 Å². The van der Waals surface area contributed by atoms with Gasteiger partial charge in [-0.15, -0.1) is 11.3 Å². The summed E-state index contributed by atoms with van der Waals surface area (Å²) in [5.41, 5.74) is -0.156. The number of hydrogen-bond acceptors (Lipinski definition) is 6. The number of thioether (sulfide) groups is 1. The van der Waals surface area contributed by atoms with Crippen molar-refractivity contribution in [2.24, 2.45) is 5.92 Å². The van der Waals surface area contributed by atoms with Crippen LogP contribution in [0, 0.1) is 12.8 Å². The van der Waals surface area contributed by atoms with Crippen molar-refractivity contribution in [1.29, 1.82) is 0 Å². The first-order chi connectivity index (χ1) is 11.0. The van der Waals surface area contributed by atoms with Gasteiger partial charge in [0.25, 0.3) is 5.56 Å². The monoisotopic (exact) mass is 352 g/mol. The standard InChI is InChI=1S/C16H20N2O3S2/c1-9-3-5-11(6-4-9)21-13(19)8-22-16-17-14(20)12-7-10(2)23-15(12)18-16/h7,9,11H,3-6,8H2,1-2H3,(H,17,18,20). The molecule has 0 amide bonds. The Morgan fingerprint density at radius 2 is 2.17 bits per heavy atom. The zero-order chi connectivity index (χ0) is 16.4. The van der Waals surface area contributed by atoms with E-state index in [1.165, 1.54) is 23.1 Å². The molecule has 2 aromatic heterocycles. The summed E-state index contributed by atoms with van der Waals surface area (Å²) in [6.45, 7) is 4.18. The molecule has 0 aliphatic heterocycles. The number of hydrogen-bond donors (Lipinski definition) is 1. The van der Waals surface area contributed by atoms with Gasteiger partial charge in [0.05, 0.1) is 11.1 Å². The number of thiophene rings is 1. The molecule has 1 aliphatic rings. The number of fused-ring (bicyclic) bond motifs is 1. The summed E-state index contributed by atoms with van der Waals surface area (Å²) < 4.78 is 5.51. The molecule has 1 saturated carbocycles. The highest BCUT2D eigenvalue weighted by Gasteiger charge is 2.21. The second kappa shape index (κ2) is 7.05. The number of ether oxygens (including phenoxy) is 1. The minimum Gasteiger partial charge on any atom is -0.462 e. The minimum atomic E-state index is -0.236. The van der Waals surface area contributed by atoms with Gasteiger partial charge in [0.15, 0.2) is 5.16 Å². The van der Waals surface area contributed by atoms with Gasteiger partial charge in [-0.05, 0) is 44.6 Å². The fourth-order valence-corrected chi connectivity index (χ4v) is 4.38. The molecular formula is C16H20N2O3S2. The molecule has 0 spiro atoms. The van der Waals surface area contributed by atoms with Gasteiger partial charge in [-0.2, -0.15) is 0 Å². The maximum Gasteiger partial charge on any atom is 0.316 e. The lowest BCUT2D eigenvalue weighted by Crippen LogP contribution is -2.24. The first-order valence-electron chi connectivity index (χ1n) is 7.84. The van der Waals surface area contributed by atoms with Crippen LogP contribution in [0.25, 0.3) is 10.2 Å². The number of H-pyrrole nitrogens is 1. The van der Waals surface area contributed by atoms with E-state index in [0.29, 0.717) is 15.4 Å². The van der Waals surface area contributed by atoms with Crippen LogP contribution in [0.3, 0.4) is 0 Å². The summed E-state index contributed by atoms with van der Waals surface area (Å²) in [6.07, 6.45) is 4.19. The Hall–Kier alpha value is -1.34. The van der Waals surface area contributed by atoms with Gasteiger partial charge in [-0.25, -0.2) is 4.98 Å². The fourth-order valence-electron chi connectivity index (χ4n) is 2.80. The predicted octanol–water partition coefficient (Wildman–Crippen LogP) is 3.51. The molecule has 2 heterocycles. The second-order valence-electron chi connectivity index (χ2n) is 6.11. The molecule has 0 saturated heterocycles. The van der Waals surface area contributed by atoms with E-state index in [2.05, 4.69) is 16.9 Å². The smallest absolute Gasteiger partial charge is 0.316 e. The summed E-state index contributed by atoms with van der Waals surface area (Å²) in [7, 11) is 0. The first-order valence-corrected chi connectivity index (χ1v) is 9.64. The summed E-state index contributed by atoms with van der Waals surface area (Å²) in [5.74, 6) is 0.666. The van der Waals surface area contributed by atoms with Crippen molar-refractivity contribution in [2.75, 3.05) is 5.75 Å². The predicted molar refractivity (Wildman–Crippen MR) is 93.2 cm³/mol. The van der Waals surface area contributed by atoms with Crippen LogP contribution < -0.4 is 5.56 Å². The highest BCUT2D eigenvalue weighted by Crippen LogP contribution is 2.26. The lowest BCUT2D eigenvalue weighted by atomic mass is 9.89. The number of aromatic nitrogens is 2. The minimum absolute atomic E-state index is 0.0498. The molecule has 5 nitrogen and oxygen atoms in total. The lowest BCUT2D eigenvalue weighted by molar-refractivity contribution is -0.147. The van der Waals surface area contributed by atoms with Gasteiger partial charge in [0.2, 0.25) is 0 Å². The third-order valence-electron chi connectivity index (χ3n) is 4.09. The van der Waals surface area contributed by atoms with E-state index in [9.17, 15) is 9.59 Å². The Kier molecular flexibility index (Phi) is 5.06. The number of carbonyl (C=O) groups is 1. The van der Waals surface area contributed by atoms with E-state index in [1.54, 1.807) is 0 Å². The SMILES string of the molecule is Cc1cc2c(=O)[nH]c(SCC(=O)OC3CCC(C)CC3)nc2s1. The number of carbonyl (C=O) groups excluding carboxylic acids is 1. The van der Waals surface area contributed by atoms with Crippen molar-refractivity contribution in [3.63, 3.8) is 0 Å². The van der Waals surface area contributed by atoms with Gasteiger partial charge in [-0.3, -0.25) is 9.59 Å².